The van der Waals surface area contributed by atoms with Gasteiger partial charge in [-0.1, -0.05) is 18.3 Å². The Labute approximate surface area is 101 Å². The van der Waals surface area contributed by atoms with Crippen molar-refractivity contribution in [2.24, 2.45) is 5.84 Å². The standard InChI is InChI=1S/C8H10N6S2/c1-2-5-11-6(13-9)3-7(12-5)16-8-14-10-4-15-8/h3-4H,2,9H2,1H3,(H,11,12,13). The lowest BCUT2D eigenvalue weighted by atomic mass is 10.4. The Kier molecular flexibility index (Phi) is 3.65. The van der Waals surface area contributed by atoms with E-state index in [4.69, 9.17) is 5.84 Å². The largest absolute Gasteiger partial charge is 0.308 e. The molecule has 0 aliphatic rings. The summed E-state index contributed by atoms with van der Waals surface area (Å²) in [4.78, 5) is 8.58. The second-order valence-corrected chi connectivity index (χ2v) is 4.91. The maximum Gasteiger partial charge on any atom is 0.180 e. The van der Waals surface area contributed by atoms with Crippen molar-refractivity contribution in [3.8, 4) is 0 Å². The second kappa shape index (κ2) is 5.19. The smallest absolute Gasteiger partial charge is 0.180 e. The monoisotopic (exact) mass is 254 g/mol. The number of hydrogen-bond acceptors (Lipinski definition) is 8. The van der Waals surface area contributed by atoms with Crippen LogP contribution in [0.15, 0.2) is 20.9 Å². The average Bonchev–Trinajstić information content (AvgIpc) is 2.81. The Hall–Kier alpha value is -1.25. The third-order valence-electron chi connectivity index (χ3n) is 1.74. The molecule has 2 heterocycles. The molecule has 0 aliphatic carbocycles. The van der Waals surface area contributed by atoms with Crippen molar-refractivity contribution in [2.75, 3.05) is 5.43 Å². The number of hydrogen-bond donors (Lipinski definition) is 2. The van der Waals surface area contributed by atoms with Crippen LogP contribution in [0.25, 0.3) is 0 Å². The van der Waals surface area contributed by atoms with Gasteiger partial charge in [0.15, 0.2) is 4.34 Å². The summed E-state index contributed by atoms with van der Waals surface area (Å²) in [5.74, 6) is 6.70. The van der Waals surface area contributed by atoms with E-state index in [1.165, 1.54) is 23.1 Å². The first-order valence-electron chi connectivity index (χ1n) is 4.60. The van der Waals surface area contributed by atoms with Gasteiger partial charge in [-0.3, -0.25) is 0 Å². The molecule has 3 N–H and O–H groups in total. The average molecular weight is 254 g/mol. The topological polar surface area (TPSA) is 89.6 Å². The Morgan fingerprint density at radius 1 is 1.50 bits per heavy atom. The molecule has 2 rings (SSSR count). The lowest BCUT2D eigenvalue weighted by Gasteiger charge is -2.04. The second-order valence-electron chi connectivity index (χ2n) is 2.81. The summed E-state index contributed by atoms with van der Waals surface area (Å²) in [6, 6.07) is 1.78. The summed E-state index contributed by atoms with van der Waals surface area (Å²) < 4.78 is 0.851. The summed E-state index contributed by atoms with van der Waals surface area (Å²) in [5, 5.41) is 8.53. The van der Waals surface area contributed by atoms with Crippen LogP contribution in [-0.2, 0) is 6.42 Å². The highest BCUT2D eigenvalue weighted by Crippen LogP contribution is 2.27. The molecular formula is C8H10N6S2. The van der Waals surface area contributed by atoms with Crippen LogP contribution in [0.5, 0.6) is 0 Å². The van der Waals surface area contributed by atoms with Crippen molar-refractivity contribution in [2.45, 2.75) is 22.7 Å². The molecule has 0 fully saturated rings. The molecule has 8 heteroatoms. The number of nitrogens with one attached hydrogen (secondary N) is 1. The van der Waals surface area contributed by atoms with E-state index in [-0.39, 0.29) is 0 Å². The van der Waals surface area contributed by atoms with Crippen molar-refractivity contribution in [1.82, 2.24) is 20.2 Å². The summed E-state index contributed by atoms with van der Waals surface area (Å²) >= 11 is 2.92. The molecule has 0 bridgehead atoms. The van der Waals surface area contributed by atoms with Crippen molar-refractivity contribution >= 4 is 28.9 Å². The van der Waals surface area contributed by atoms with Gasteiger partial charge in [0.1, 0.15) is 22.2 Å². The number of aryl methyl sites for hydroxylation is 1. The van der Waals surface area contributed by atoms with Crippen LogP contribution < -0.4 is 11.3 Å². The maximum absolute atomic E-state index is 5.34. The molecule has 0 radical (unpaired) electrons. The van der Waals surface area contributed by atoms with Crippen molar-refractivity contribution in [3.63, 3.8) is 0 Å². The van der Waals surface area contributed by atoms with E-state index in [0.29, 0.717) is 5.82 Å². The zero-order valence-electron chi connectivity index (χ0n) is 8.54. The highest BCUT2D eigenvalue weighted by Gasteiger charge is 2.06. The van der Waals surface area contributed by atoms with Crippen molar-refractivity contribution in [3.05, 3.63) is 17.4 Å². The van der Waals surface area contributed by atoms with E-state index >= 15 is 0 Å². The van der Waals surface area contributed by atoms with Gasteiger partial charge in [-0.05, 0) is 11.8 Å². The van der Waals surface area contributed by atoms with Crippen LogP contribution >= 0.6 is 23.1 Å². The van der Waals surface area contributed by atoms with E-state index in [1.807, 2.05) is 6.92 Å². The lowest BCUT2D eigenvalue weighted by Crippen LogP contribution is -2.10. The van der Waals surface area contributed by atoms with Crippen LogP contribution in [0.3, 0.4) is 0 Å². The molecule has 6 nitrogen and oxygen atoms in total. The maximum atomic E-state index is 5.34. The van der Waals surface area contributed by atoms with Gasteiger partial charge in [-0.15, -0.1) is 10.2 Å². The summed E-state index contributed by atoms with van der Waals surface area (Å²) in [6.07, 6.45) is 0.763. The van der Waals surface area contributed by atoms with Crippen LogP contribution in [0.2, 0.25) is 0 Å². The fourth-order valence-electron chi connectivity index (χ4n) is 1.05. The lowest BCUT2D eigenvalue weighted by molar-refractivity contribution is 0.887. The molecule has 0 unspecified atom stereocenters. The molecule has 0 aliphatic heterocycles. The van der Waals surface area contributed by atoms with Gasteiger partial charge < -0.3 is 5.43 Å². The number of hydrazine groups is 1. The van der Waals surface area contributed by atoms with E-state index < -0.39 is 0 Å². The molecule has 0 saturated heterocycles. The number of nitrogen functional groups attached to an aromatic ring is 1. The predicted octanol–water partition coefficient (Wildman–Crippen LogP) is 1.33. The Morgan fingerprint density at radius 3 is 3.00 bits per heavy atom. The first-order chi connectivity index (χ1) is 7.81. The van der Waals surface area contributed by atoms with Gasteiger partial charge in [0.05, 0.1) is 0 Å². The molecule has 0 aromatic carbocycles. The minimum absolute atomic E-state index is 0.610. The first-order valence-corrected chi connectivity index (χ1v) is 6.30. The van der Waals surface area contributed by atoms with Crippen LogP contribution in [0, 0.1) is 0 Å². The van der Waals surface area contributed by atoms with Crippen LogP contribution in [0.4, 0.5) is 5.82 Å². The summed E-state index contributed by atoms with van der Waals surface area (Å²) in [6.45, 7) is 2.00. The number of anilines is 1. The SMILES string of the molecule is CCc1nc(NN)cc(Sc2nncs2)n1. The Balaban J connectivity index is 2.26. The van der Waals surface area contributed by atoms with Crippen molar-refractivity contribution in [1.29, 1.82) is 0 Å². The third-order valence-corrected chi connectivity index (χ3v) is 3.44. The normalized spacial score (nSPS) is 10.4. The van der Waals surface area contributed by atoms with E-state index in [0.717, 1.165) is 21.6 Å². The van der Waals surface area contributed by atoms with E-state index in [2.05, 4.69) is 25.6 Å². The van der Waals surface area contributed by atoms with Gasteiger partial charge in [0.25, 0.3) is 0 Å². The van der Waals surface area contributed by atoms with Gasteiger partial charge in [-0.25, -0.2) is 15.8 Å². The van der Waals surface area contributed by atoms with Crippen molar-refractivity contribution < 1.29 is 0 Å². The van der Waals surface area contributed by atoms with Gasteiger partial charge >= 0.3 is 0 Å². The zero-order valence-corrected chi connectivity index (χ0v) is 10.2. The molecule has 2 aromatic rings. The Bertz CT molecular complexity index is 435. The highest BCUT2D eigenvalue weighted by molar-refractivity contribution is 8.00. The molecule has 2 aromatic heterocycles. The predicted molar refractivity (Wildman–Crippen MR) is 63.3 cm³/mol. The Morgan fingerprint density at radius 2 is 2.38 bits per heavy atom. The number of aromatic nitrogens is 4. The quantitative estimate of drug-likeness (QED) is 0.483. The molecule has 0 atom stereocenters. The number of rotatable bonds is 4. The zero-order chi connectivity index (χ0) is 11.4. The molecular weight excluding hydrogens is 244 g/mol. The fourth-order valence-corrected chi connectivity index (χ4v) is 2.50. The first kappa shape index (κ1) is 11.2. The number of nitrogens with zero attached hydrogens (tertiary/aromatic N) is 4. The molecule has 16 heavy (non-hydrogen) atoms. The van der Waals surface area contributed by atoms with Crippen LogP contribution in [0.1, 0.15) is 12.7 Å². The van der Waals surface area contributed by atoms with Gasteiger partial charge in [-0.2, -0.15) is 0 Å². The van der Waals surface area contributed by atoms with E-state index in [1.54, 1.807) is 11.6 Å². The number of nitrogens with two attached hydrogens (primary N) is 1. The minimum atomic E-state index is 0.610. The molecule has 0 saturated carbocycles. The fraction of sp³-hybridized carbons (Fsp3) is 0.250. The van der Waals surface area contributed by atoms with Gasteiger partial charge in [0.2, 0.25) is 0 Å². The molecule has 0 amide bonds. The summed E-state index contributed by atoms with van der Waals surface area (Å²) in [5.41, 5.74) is 4.21. The highest BCUT2D eigenvalue weighted by atomic mass is 32.2. The van der Waals surface area contributed by atoms with E-state index in [9.17, 15) is 0 Å². The van der Waals surface area contributed by atoms with Gasteiger partial charge in [0, 0.05) is 12.5 Å². The molecule has 0 spiro atoms. The molecule has 84 valence electrons. The summed E-state index contributed by atoms with van der Waals surface area (Å²) in [7, 11) is 0. The minimum Gasteiger partial charge on any atom is -0.308 e. The third kappa shape index (κ3) is 2.65. The van der Waals surface area contributed by atoms with Crippen LogP contribution in [-0.4, -0.2) is 20.2 Å².